The summed E-state index contributed by atoms with van der Waals surface area (Å²) in [7, 11) is 1.32. The van der Waals surface area contributed by atoms with E-state index < -0.39 is 12.6 Å². The van der Waals surface area contributed by atoms with E-state index in [2.05, 4.69) is 14.9 Å². The maximum Gasteiger partial charge on any atom is 0.387 e. The predicted octanol–water partition coefficient (Wildman–Crippen LogP) is 3.59. The van der Waals surface area contributed by atoms with Crippen molar-refractivity contribution in [2.45, 2.75) is 20.1 Å². The highest BCUT2D eigenvalue weighted by molar-refractivity contribution is 5.95. The molecule has 0 spiro atoms. The molecule has 29 heavy (non-hydrogen) atoms. The number of nitrogens with two attached hydrogens (primary N) is 1. The number of methoxy groups -OCH3 is 1. The first kappa shape index (κ1) is 20.1. The van der Waals surface area contributed by atoms with Crippen molar-refractivity contribution in [3.63, 3.8) is 0 Å². The number of para-hydroxylation sites is 1. The molecule has 1 heterocycles. The summed E-state index contributed by atoms with van der Waals surface area (Å²) in [4.78, 5) is 16.3. The number of alkyl halides is 2. The first-order valence-electron chi connectivity index (χ1n) is 8.37. The van der Waals surface area contributed by atoms with Crippen molar-refractivity contribution in [2.24, 2.45) is 0 Å². The fourth-order valence-electron chi connectivity index (χ4n) is 2.49. The molecule has 3 rings (SSSR count). The third kappa shape index (κ3) is 4.60. The molecule has 3 aromatic rings. The average Bonchev–Trinajstić information content (AvgIpc) is 3.17. The van der Waals surface area contributed by atoms with Crippen LogP contribution in [0.5, 0.6) is 11.5 Å². The van der Waals surface area contributed by atoms with Gasteiger partial charge in [-0.05, 0) is 36.8 Å². The van der Waals surface area contributed by atoms with Crippen molar-refractivity contribution in [2.75, 3.05) is 12.8 Å². The Hall–Kier alpha value is -3.69. The predicted molar refractivity (Wildman–Crippen MR) is 97.6 cm³/mol. The van der Waals surface area contributed by atoms with Gasteiger partial charge in [-0.3, -0.25) is 0 Å². The van der Waals surface area contributed by atoms with E-state index in [1.807, 2.05) is 0 Å². The summed E-state index contributed by atoms with van der Waals surface area (Å²) in [5, 5.41) is 3.79. The van der Waals surface area contributed by atoms with Crippen LogP contribution in [0.4, 0.5) is 14.5 Å². The highest BCUT2D eigenvalue weighted by Gasteiger charge is 2.17. The van der Waals surface area contributed by atoms with Crippen molar-refractivity contribution in [1.29, 1.82) is 0 Å². The molecule has 152 valence electrons. The van der Waals surface area contributed by atoms with Crippen LogP contribution in [0, 0.1) is 6.92 Å². The van der Waals surface area contributed by atoms with Crippen molar-refractivity contribution in [1.82, 2.24) is 10.1 Å². The van der Waals surface area contributed by atoms with Crippen LogP contribution in [-0.2, 0) is 11.3 Å². The van der Waals surface area contributed by atoms with E-state index in [1.165, 1.54) is 25.3 Å². The normalized spacial score (nSPS) is 10.8. The lowest BCUT2D eigenvalue weighted by Gasteiger charge is -2.10. The lowest BCUT2D eigenvalue weighted by molar-refractivity contribution is -0.0512. The minimum atomic E-state index is -2.98. The molecule has 0 radical (unpaired) electrons. The number of carbonyl (C=O) groups excluding carboxylic acids is 1. The molecule has 0 aliphatic carbocycles. The molecule has 0 saturated carbocycles. The molecule has 0 amide bonds. The molecule has 0 fully saturated rings. The van der Waals surface area contributed by atoms with Gasteiger partial charge in [0.1, 0.15) is 0 Å². The Labute approximate surface area is 164 Å². The van der Waals surface area contributed by atoms with Gasteiger partial charge in [-0.25, -0.2) is 4.79 Å². The number of rotatable bonds is 7. The van der Waals surface area contributed by atoms with E-state index in [-0.39, 0.29) is 35.4 Å². The van der Waals surface area contributed by atoms with Gasteiger partial charge in [0.25, 0.3) is 5.89 Å². The second-order valence-corrected chi connectivity index (χ2v) is 5.87. The van der Waals surface area contributed by atoms with Crippen molar-refractivity contribution >= 4 is 11.7 Å². The van der Waals surface area contributed by atoms with Crippen LogP contribution in [0.2, 0.25) is 0 Å². The molecule has 2 N–H and O–H groups in total. The molecule has 8 nitrogen and oxygen atoms in total. The highest BCUT2D eigenvalue weighted by atomic mass is 19.3. The molecule has 1 aromatic heterocycles. The standard InChI is InChI=1S/C19H17F2N3O5/c1-10-4-3-5-12(16(10)22)18(25)27-9-15-23-17(24-29-15)11-6-7-13(28-19(20)21)14(8-11)26-2/h3-8,19H,9,22H2,1-2H3. The lowest BCUT2D eigenvalue weighted by Crippen LogP contribution is -2.09. The highest BCUT2D eigenvalue weighted by Crippen LogP contribution is 2.32. The van der Waals surface area contributed by atoms with E-state index in [1.54, 1.807) is 25.1 Å². The smallest absolute Gasteiger partial charge is 0.387 e. The first-order chi connectivity index (χ1) is 13.9. The van der Waals surface area contributed by atoms with Gasteiger partial charge >= 0.3 is 12.6 Å². The lowest BCUT2D eigenvalue weighted by atomic mass is 10.1. The van der Waals surface area contributed by atoms with Crippen LogP contribution in [-0.4, -0.2) is 29.8 Å². The Bertz CT molecular complexity index is 1020. The summed E-state index contributed by atoms with van der Waals surface area (Å²) in [6.07, 6.45) is 0. The third-order valence-electron chi connectivity index (χ3n) is 3.98. The van der Waals surface area contributed by atoms with Gasteiger partial charge in [-0.2, -0.15) is 13.8 Å². The number of anilines is 1. The molecular weight excluding hydrogens is 388 g/mol. The number of hydrogen-bond donors (Lipinski definition) is 1. The minimum Gasteiger partial charge on any atom is -0.493 e. The van der Waals surface area contributed by atoms with Gasteiger partial charge < -0.3 is 24.5 Å². The fourth-order valence-corrected chi connectivity index (χ4v) is 2.49. The number of aromatic nitrogens is 2. The molecule has 0 aliphatic rings. The molecule has 0 saturated heterocycles. The summed E-state index contributed by atoms with van der Waals surface area (Å²) in [6, 6.07) is 9.22. The van der Waals surface area contributed by atoms with Crippen LogP contribution < -0.4 is 15.2 Å². The monoisotopic (exact) mass is 405 g/mol. The largest absolute Gasteiger partial charge is 0.493 e. The number of nitrogens with zero attached hydrogens (tertiary/aromatic N) is 2. The van der Waals surface area contributed by atoms with Gasteiger partial charge in [0, 0.05) is 11.3 Å². The number of benzene rings is 2. The Morgan fingerprint density at radius 2 is 2.03 bits per heavy atom. The van der Waals surface area contributed by atoms with Crippen molar-refractivity contribution < 1.29 is 32.3 Å². The number of aryl methyl sites for hydroxylation is 1. The molecule has 0 atom stereocenters. The fraction of sp³-hybridized carbons (Fsp3) is 0.211. The number of ether oxygens (including phenoxy) is 3. The second-order valence-electron chi connectivity index (χ2n) is 5.87. The summed E-state index contributed by atoms with van der Waals surface area (Å²) >= 11 is 0. The average molecular weight is 405 g/mol. The number of nitrogen functional groups attached to an aromatic ring is 1. The van der Waals surface area contributed by atoms with Crippen LogP contribution in [0.3, 0.4) is 0 Å². The van der Waals surface area contributed by atoms with Crippen LogP contribution >= 0.6 is 0 Å². The number of esters is 1. The molecule has 0 bridgehead atoms. The van der Waals surface area contributed by atoms with E-state index in [4.69, 9.17) is 19.7 Å². The minimum absolute atomic E-state index is 0.0476. The van der Waals surface area contributed by atoms with Crippen molar-refractivity contribution in [3.8, 4) is 22.9 Å². The summed E-state index contributed by atoms with van der Waals surface area (Å²) < 4.78 is 44.5. The molecule has 10 heteroatoms. The van der Waals surface area contributed by atoms with E-state index in [0.29, 0.717) is 11.3 Å². The van der Waals surface area contributed by atoms with Crippen LogP contribution in [0.25, 0.3) is 11.4 Å². The molecule has 0 aliphatic heterocycles. The number of halogens is 2. The Morgan fingerprint density at radius 3 is 2.76 bits per heavy atom. The van der Waals surface area contributed by atoms with Crippen LogP contribution in [0.1, 0.15) is 21.8 Å². The van der Waals surface area contributed by atoms with Gasteiger partial charge in [0.05, 0.1) is 12.7 Å². The maximum atomic E-state index is 12.4. The van der Waals surface area contributed by atoms with Gasteiger partial charge in [0.2, 0.25) is 5.82 Å². The summed E-state index contributed by atoms with van der Waals surface area (Å²) in [6.45, 7) is -1.46. The third-order valence-corrected chi connectivity index (χ3v) is 3.98. The van der Waals surface area contributed by atoms with E-state index >= 15 is 0 Å². The Balaban J connectivity index is 1.71. The van der Waals surface area contributed by atoms with Crippen LogP contribution in [0.15, 0.2) is 40.9 Å². The van der Waals surface area contributed by atoms with E-state index in [0.717, 1.165) is 5.56 Å². The maximum absolute atomic E-state index is 12.4. The zero-order chi connectivity index (χ0) is 21.0. The number of carbonyl (C=O) groups is 1. The molecule has 2 aromatic carbocycles. The first-order valence-corrected chi connectivity index (χ1v) is 8.37. The topological polar surface area (TPSA) is 110 Å². The SMILES string of the molecule is COc1cc(-c2noc(COC(=O)c3cccc(C)c3N)n2)ccc1OC(F)F. The molecular formula is C19H17F2N3O5. The van der Waals surface area contributed by atoms with Gasteiger partial charge in [-0.1, -0.05) is 17.3 Å². The summed E-state index contributed by atoms with van der Waals surface area (Å²) in [5.41, 5.74) is 7.65. The molecule has 0 unspecified atom stereocenters. The Kier molecular flexibility index (Phi) is 5.91. The van der Waals surface area contributed by atoms with Gasteiger partial charge in [-0.15, -0.1) is 0 Å². The Morgan fingerprint density at radius 1 is 1.24 bits per heavy atom. The zero-order valence-electron chi connectivity index (χ0n) is 15.5. The van der Waals surface area contributed by atoms with Crippen molar-refractivity contribution in [3.05, 3.63) is 53.4 Å². The quantitative estimate of drug-likeness (QED) is 0.469. The second kappa shape index (κ2) is 8.55. The van der Waals surface area contributed by atoms with E-state index in [9.17, 15) is 13.6 Å². The zero-order valence-corrected chi connectivity index (χ0v) is 15.5. The number of hydrogen-bond acceptors (Lipinski definition) is 8. The summed E-state index contributed by atoms with van der Waals surface area (Å²) in [5.74, 6) is -0.462. The van der Waals surface area contributed by atoms with Gasteiger partial charge in [0.15, 0.2) is 18.1 Å².